The molecule has 5 heteroatoms. The molecule has 0 saturated heterocycles. The summed E-state index contributed by atoms with van der Waals surface area (Å²) in [6.07, 6.45) is 0.668. The van der Waals surface area contributed by atoms with Gasteiger partial charge in [0.15, 0.2) is 5.78 Å². The maximum atomic E-state index is 11.7. The molecule has 0 aromatic heterocycles. The fourth-order valence-electron chi connectivity index (χ4n) is 1.85. The molecule has 0 radical (unpaired) electrons. The first-order valence-electron chi connectivity index (χ1n) is 4.58. The summed E-state index contributed by atoms with van der Waals surface area (Å²) in [5, 5.41) is -1.28. The molecule has 2 rings (SSSR count). The lowest BCUT2D eigenvalue weighted by Crippen LogP contribution is -2.34. The van der Waals surface area contributed by atoms with E-state index in [1.165, 1.54) is 0 Å². The minimum atomic E-state index is -4.27. The van der Waals surface area contributed by atoms with Gasteiger partial charge in [0.2, 0.25) is 0 Å². The smallest absolute Gasteiger partial charge is 0.275 e. The van der Waals surface area contributed by atoms with Gasteiger partial charge in [0, 0.05) is 5.56 Å². The Morgan fingerprint density at radius 1 is 1.27 bits per heavy atom. The minimum Gasteiger partial charge on any atom is -0.293 e. The SMILES string of the molecule is O=C1c2ccccc2CCC1S(=O)(=O)O. The average molecular weight is 226 g/mol. The van der Waals surface area contributed by atoms with Crippen molar-refractivity contribution < 1.29 is 17.8 Å². The zero-order valence-electron chi connectivity index (χ0n) is 7.88. The molecule has 1 aromatic carbocycles. The molecule has 1 atom stereocenters. The van der Waals surface area contributed by atoms with Gasteiger partial charge in [0.1, 0.15) is 5.25 Å². The van der Waals surface area contributed by atoms with Crippen LogP contribution in [0.3, 0.4) is 0 Å². The van der Waals surface area contributed by atoms with E-state index in [0.717, 1.165) is 5.56 Å². The summed E-state index contributed by atoms with van der Waals surface area (Å²) >= 11 is 0. The van der Waals surface area contributed by atoms with E-state index < -0.39 is 21.2 Å². The molecule has 0 saturated carbocycles. The molecule has 80 valence electrons. The van der Waals surface area contributed by atoms with Crippen LogP contribution >= 0.6 is 0 Å². The summed E-state index contributed by atoms with van der Waals surface area (Å²) in [7, 11) is -4.27. The fraction of sp³-hybridized carbons (Fsp3) is 0.300. The highest BCUT2D eigenvalue weighted by molar-refractivity contribution is 7.87. The van der Waals surface area contributed by atoms with Crippen LogP contribution < -0.4 is 0 Å². The molecule has 0 spiro atoms. The highest BCUT2D eigenvalue weighted by atomic mass is 32.2. The Kier molecular flexibility index (Phi) is 2.36. The van der Waals surface area contributed by atoms with Gasteiger partial charge in [-0.3, -0.25) is 9.35 Å². The molecule has 0 aliphatic heterocycles. The third-order valence-electron chi connectivity index (χ3n) is 2.61. The summed E-state index contributed by atoms with van der Waals surface area (Å²) in [6, 6.07) is 6.88. The predicted octanol–water partition coefficient (Wildman–Crippen LogP) is 1.07. The van der Waals surface area contributed by atoms with E-state index in [-0.39, 0.29) is 6.42 Å². The van der Waals surface area contributed by atoms with Gasteiger partial charge in [-0.25, -0.2) is 0 Å². The van der Waals surface area contributed by atoms with Crippen LogP contribution in [0.4, 0.5) is 0 Å². The Labute approximate surface area is 87.7 Å². The van der Waals surface area contributed by atoms with Crippen LogP contribution in [0.15, 0.2) is 24.3 Å². The Balaban J connectivity index is 2.47. The number of benzene rings is 1. The zero-order chi connectivity index (χ0) is 11.1. The van der Waals surface area contributed by atoms with Crippen LogP contribution in [-0.2, 0) is 16.5 Å². The first-order chi connectivity index (χ1) is 7.00. The first-order valence-corrected chi connectivity index (χ1v) is 6.09. The molecule has 0 bridgehead atoms. The number of carbonyl (C=O) groups excluding carboxylic acids is 1. The molecule has 1 N–H and O–H groups in total. The van der Waals surface area contributed by atoms with Crippen molar-refractivity contribution in [1.29, 1.82) is 0 Å². The van der Waals surface area contributed by atoms with Gasteiger partial charge in [-0.05, 0) is 18.4 Å². The summed E-state index contributed by atoms with van der Waals surface area (Å²) in [4.78, 5) is 11.7. The number of fused-ring (bicyclic) bond motifs is 1. The monoisotopic (exact) mass is 226 g/mol. The van der Waals surface area contributed by atoms with Crippen molar-refractivity contribution in [3.8, 4) is 0 Å². The van der Waals surface area contributed by atoms with Crippen molar-refractivity contribution in [1.82, 2.24) is 0 Å². The highest BCUT2D eigenvalue weighted by Gasteiger charge is 2.35. The van der Waals surface area contributed by atoms with Crippen molar-refractivity contribution >= 4 is 15.9 Å². The number of aryl methyl sites for hydroxylation is 1. The van der Waals surface area contributed by atoms with Crippen LogP contribution in [0.5, 0.6) is 0 Å². The Bertz CT molecular complexity index is 504. The number of ketones is 1. The number of hydrogen-bond donors (Lipinski definition) is 1. The van der Waals surface area contributed by atoms with Crippen LogP contribution in [0.25, 0.3) is 0 Å². The third kappa shape index (κ3) is 1.80. The second-order valence-corrected chi connectivity index (χ2v) is 5.16. The van der Waals surface area contributed by atoms with Gasteiger partial charge in [-0.1, -0.05) is 24.3 Å². The molecular weight excluding hydrogens is 216 g/mol. The van der Waals surface area contributed by atoms with E-state index in [1.807, 2.05) is 0 Å². The Morgan fingerprint density at radius 2 is 1.93 bits per heavy atom. The van der Waals surface area contributed by atoms with Gasteiger partial charge in [0.05, 0.1) is 0 Å². The van der Waals surface area contributed by atoms with Gasteiger partial charge in [-0.15, -0.1) is 0 Å². The maximum absolute atomic E-state index is 11.7. The second-order valence-electron chi connectivity index (χ2n) is 3.56. The van der Waals surface area contributed by atoms with Crippen molar-refractivity contribution in [2.75, 3.05) is 0 Å². The van der Waals surface area contributed by atoms with E-state index in [2.05, 4.69) is 0 Å². The normalized spacial score (nSPS) is 21.1. The van der Waals surface area contributed by atoms with Crippen molar-refractivity contribution in [3.63, 3.8) is 0 Å². The predicted molar refractivity (Wildman–Crippen MR) is 54.4 cm³/mol. The number of carbonyl (C=O) groups is 1. The van der Waals surface area contributed by atoms with E-state index in [1.54, 1.807) is 24.3 Å². The van der Waals surface area contributed by atoms with Crippen LogP contribution in [0.2, 0.25) is 0 Å². The molecular formula is C10H10O4S. The summed E-state index contributed by atoms with van der Waals surface area (Å²) in [5.74, 6) is -0.501. The second kappa shape index (κ2) is 3.43. The molecule has 1 aliphatic rings. The van der Waals surface area contributed by atoms with Gasteiger partial charge in [-0.2, -0.15) is 8.42 Å². The van der Waals surface area contributed by atoms with E-state index in [0.29, 0.717) is 12.0 Å². The minimum absolute atomic E-state index is 0.161. The van der Waals surface area contributed by atoms with Crippen molar-refractivity contribution in [3.05, 3.63) is 35.4 Å². The van der Waals surface area contributed by atoms with E-state index in [4.69, 9.17) is 4.55 Å². The van der Waals surface area contributed by atoms with Gasteiger partial charge in [0.25, 0.3) is 10.1 Å². The molecule has 0 fully saturated rings. The summed E-state index contributed by atoms with van der Waals surface area (Å²) < 4.78 is 30.8. The Hall–Kier alpha value is -1.20. The third-order valence-corrected chi connectivity index (χ3v) is 3.78. The highest BCUT2D eigenvalue weighted by Crippen LogP contribution is 2.24. The van der Waals surface area contributed by atoms with Gasteiger partial charge >= 0.3 is 0 Å². The maximum Gasteiger partial charge on any atom is 0.275 e. The van der Waals surface area contributed by atoms with Crippen LogP contribution in [0.1, 0.15) is 22.3 Å². The molecule has 0 amide bonds. The average Bonchev–Trinajstić information content (AvgIpc) is 2.16. The summed E-state index contributed by atoms with van der Waals surface area (Å²) in [6.45, 7) is 0. The first kappa shape index (κ1) is 10.3. The zero-order valence-corrected chi connectivity index (χ0v) is 8.70. The molecule has 15 heavy (non-hydrogen) atoms. The molecule has 1 unspecified atom stereocenters. The number of rotatable bonds is 1. The lowest BCUT2D eigenvalue weighted by molar-refractivity contribution is 0.0973. The number of hydrogen-bond acceptors (Lipinski definition) is 3. The van der Waals surface area contributed by atoms with Crippen molar-refractivity contribution in [2.24, 2.45) is 0 Å². The fourth-order valence-corrected chi connectivity index (χ4v) is 2.67. The largest absolute Gasteiger partial charge is 0.293 e. The van der Waals surface area contributed by atoms with E-state index >= 15 is 0 Å². The molecule has 1 aliphatic carbocycles. The number of Topliss-reactive ketones (excluding diaryl/α,β-unsaturated/α-hetero) is 1. The summed E-state index contributed by atoms with van der Waals surface area (Å²) in [5.41, 5.74) is 1.26. The van der Waals surface area contributed by atoms with Crippen LogP contribution in [0, 0.1) is 0 Å². The van der Waals surface area contributed by atoms with Crippen LogP contribution in [-0.4, -0.2) is 24.0 Å². The van der Waals surface area contributed by atoms with Crippen molar-refractivity contribution in [2.45, 2.75) is 18.1 Å². The molecule has 1 aromatic rings. The standard InChI is InChI=1S/C10H10O4S/c11-10-8-4-2-1-3-7(8)5-6-9(10)15(12,13)14/h1-4,9H,5-6H2,(H,12,13,14). The lowest BCUT2D eigenvalue weighted by atomic mass is 9.90. The van der Waals surface area contributed by atoms with Gasteiger partial charge < -0.3 is 0 Å². The molecule has 4 nitrogen and oxygen atoms in total. The lowest BCUT2D eigenvalue weighted by Gasteiger charge is -2.20. The topological polar surface area (TPSA) is 71.4 Å². The Morgan fingerprint density at radius 3 is 2.60 bits per heavy atom. The molecule has 0 heterocycles. The van der Waals surface area contributed by atoms with E-state index in [9.17, 15) is 13.2 Å². The quantitative estimate of drug-likeness (QED) is 0.727.